The first-order chi connectivity index (χ1) is 16.2. The van der Waals surface area contributed by atoms with Gasteiger partial charge in [0.05, 0.1) is 28.6 Å². The van der Waals surface area contributed by atoms with Crippen LogP contribution in [0.25, 0.3) is 5.82 Å². The minimum Gasteiger partial charge on any atom is -0.454 e. The number of nitrogens with zero attached hydrogens (tertiary/aromatic N) is 5. The average molecular weight is 509 g/mol. The molecule has 8 nitrogen and oxygen atoms in total. The van der Waals surface area contributed by atoms with Gasteiger partial charge in [0.25, 0.3) is 5.91 Å². The van der Waals surface area contributed by atoms with E-state index in [9.17, 15) is 18.0 Å². The highest BCUT2D eigenvalue weighted by atomic mass is 35.5. The van der Waals surface area contributed by atoms with Crippen LogP contribution >= 0.6 is 23.2 Å². The topological polar surface area (TPSA) is 94.8 Å². The van der Waals surface area contributed by atoms with E-state index < -0.39 is 17.9 Å². The number of benzene rings is 1. The fourth-order valence-corrected chi connectivity index (χ4v) is 3.27. The zero-order chi connectivity index (χ0) is 24.3. The van der Waals surface area contributed by atoms with Gasteiger partial charge in [0, 0.05) is 12.7 Å². The van der Waals surface area contributed by atoms with Gasteiger partial charge in [0.1, 0.15) is 11.4 Å². The van der Waals surface area contributed by atoms with Crippen molar-refractivity contribution < 1.29 is 22.7 Å². The summed E-state index contributed by atoms with van der Waals surface area (Å²) >= 11 is 12.0. The fraction of sp³-hybridized carbons (Fsp3) is 0.0952. The van der Waals surface area contributed by atoms with Crippen LogP contribution < -0.4 is 10.1 Å². The van der Waals surface area contributed by atoms with Gasteiger partial charge in [-0.25, -0.2) is 19.6 Å². The molecule has 0 unspecified atom stereocenters. The largest absolute Gasteiger partial charge is 0.454 e. The molecule has 1 amide bonds. The molecule has 4 aromatic rings. The second-order valence-electron chi connectivity index (χ2n) is 6.76. The number of carbonyl (C=O) groups excluding carboxylic acids is 1. The van der Waals surface area contributed by atoms with E-state index in [1.807, 2.05) is 0 Å². The van der Waals surface area contributed by atoms with E-state index in [1.54, 1.807) is 24.3 Å². The fourth-order valence-electron chi connectivity index (χ4n) is 2.81. The number of hydrogen-bond acceptors (Lipinski definition) is 6. The van der Waals surface area contributed by atoms with Crippen molar-refractivity contribution in [1.82, 2.24) is 30.0 Å². The van der Waals surface area contributed by atoms with E-state index in [0.29, 0.717) is 10.8 Å². The number of alkyl halides is 3. The highest BCUT2D eigenvalue weighted by Gasteiger charge is 2.34. The van der Waals surface area contributed by atoms with Gasteiger partial charge in [-0.15, -0.1) is 0 Å². The molecule has 0 bridgehead atoms. The highest BCUT2D eigenvalue weighted by Crippen LogP contribution is 2.27. The number of halogens is 5. The van der Waals surface area contributed by atoms with Crippen molar-refractivity contribution in [2.75, 3.05) is 0 Å². The van der Waals surface area contributed by atoms with Crippen molar-refractivity contribution in [3.05, 3.63) is 88.3 Å². The number of ether oxygens (including phenoxy) is 1. The van der Waals surface area contributed by atoms with E-state index in [-0.39, 0.29) is 28.8 Å². The van der Waals surface area contributed by atoms with E-state index in [1.165, 1.54) is 29.2 Å². The Bertz CT molecular complexity index is 1310. The molecule has 174 valence electrons. The van der Waals surface area contributed by atoms with E-state index in [2.05, 4.69) is 25.4 Å². The number of aromatic nitrogens is 5. The maximum atomic E-state index is 12.7. The summed E-state index contributed by atoms with van der Waals surface area (Å²) in [5.74, 6) is -0.986. The zero-order valence-corrected chi connectivity index (χ0v) is 18.4. The molecule has 1 aromatic carbocycles. The Morgan fingerprint density at radius 2 is 1.71 bits per heavy atom. The van der Waals surface area contributed by atoms with Crippen LogP contribution in [0.15, 0.2) is 61.2 Å². The summed E-state index contributed by atoms with van der Waals surface area (Å²) in [6.07, 6.45) is 0.0922. The third kappa shape index (κ3) is 5.43. The second kappa shape index (κ2) is 9.65. The molecular formula is C21H13Cl2F3N6O2. The molecule has 0 atom stereocenters. The molecule has 0 aliphatic carbocycles. The van der Waals surface area contributed by atoms with Gasteiger partial charge in [0.15, 0.2) is 11.6 Å². The predicted octanol–water partition coefficient (Wildman–Crippen LogP) is 5.11. The average Bonchev–Trinajstić information content (AvgIpc) is 3.28. The van der Waals surface area contributed by atoms with Crippen LogP contribution in [0.3, 0.4) is 0 Å². The van der Waals surface area contributed by atoms with Crippen molar-refractivity contribution in [2.24, 2.45) is 0 Å². The zero-order valence-electron chi connectivity index (χ0n) is 16.9. The van der Waals surface area contributed by atoms with Gasteiger partial charge in [-0.2, -0.15) is 18.3 Å². The summed E-state index contributed by atoms with van der Waals surface area (Å²) in [5, 5.41) is 7.46. The standard InChI is InChI=1S/C21H13Cl2F3N6O2/c22-13-7-16(23)18(27-9-13)32-17(5-6-31-32)19(33)28-8-12-1-3-14(4-2-12)34-15-10-29-20(30-11-15)21(24,25)26/h1-7,9-11H,8H2,(H,28,33). The van der Waals surface area contributed by atoms with Crippen molar-refractivity contribution in [3.63, 3.8) is 0 Å². The first-order valence-electron chi connectivity index (χ1n) is 9.50. The molecule has 0 aliphatic heterocycles. The number of amides is 1. The van der Waals surface area contributed by atoms with E-state index in [0.717, 1.165) is 18.0 Å². The number of rotatable bonds is 6. The highest BCUT2D eigenvalue weighted by molar-refractivity contribution is 6.35. The summed E-state index contributed by atoms with van der Waals surface area (Å²) < 4.78 is 44.4. The summed E-state index contributed by atoms with van der Waals surface area (Å²) in [6, 6.07) is 9.59. The Morgan fingerprint density at radius 3 is 2.35 bits per heavy atom. The van der Waals surface area contributed by atoms with Gasteiger partial charge in [-0.1, -0.05) is 35.3 Å². The minimum atomic E-state index is -4.63. The van der Waals surface area contributed by atoms with Gasteiger partial charge < -0.3 is 10.1 Å². The third-order valence-electron chi connectivity index (χ3n) is 4.36. The molecule has 0 radical (unpaired) electrons. The van der Waals surface area contributed by atoms with Crippen LogP contribution in [0.5, 0.6) is 11.5 Å². The minimum absolute atomic E-state index is 0.0526. The van der Waals surface area contributed by atoms with Crippen molar-refractivity contribution in [1.29, 1.82) is 0 Å². The Morgan fingerprint density at radius 1 is 1.00 bits per heavy atom. The van der Waals surface area contributed by atoms with Gasteiger partial charge >= 0.3 is 6.18 Å². The van der Waals surface area contributed by atoms with Crippen LogP contribution in [-0.4, -0.2) is 30.6 Å². The summed E-state index contributed by atoms with van der Waals surface area (Å²) in [5.41, 5.74) is 0.970. The molecular weight excluding hydrogens is 496 g/mol. The van der Waals surface area contributed by atoms with E-state index >= 15 is 0 Å². The first kappa shape index (κ1) is 23.5. The maximum Gasteiger partial charge on any atom is 0.451 e. The molecule has 13 heteroatoms. The number of hydrogen-bond donors (Lipinski definition) is 1. The predicted molar refractivity (Wildman–Crippen MR) is 116 cm³/mol. The number of pyridine rings is 1. The van der Waals surface area contributed by atoms with Crippen LogP contribution in [0, 0.1) is 0 Å². The molecule has 3 aromatic heterocycles. The second-order valence-corrected chi connectivity index (χ2v) is 7.60. The van der Waals surface area contributed by atoms with Gasteiger partial charge in [-0.3, -0.25) is 4.79 Å². The lowest BCUT2D eigenvalue weighted by atomic mass is 10.2. The molecule has 0 saturated heterocycles. The number of nitrogens with one attached hydrogen (secondary N) is 1. The molecule has 3 heterocycles. The third-order valence-corrected chi connectivity index (χ3v) is 4.84. The summed E-state index contributed by atoms with van der Waals surface area (Å²) in [7, 11) is 0. The van der Waals surface area contributed by atoms with Crippen LogP contribution in [0.1, 0.15) is 21.9 Å². The first-order valence-corrected chi connectivity index (χ1v) is 10.3. The van der Waals surface area contributed by atoms with Crippen molar-refractivity contribution in [3.8, 4) is 17.3 Å². The Hall–Kier alpha value is -3.70. The monoisotopic (exact) mass is 508 g/mol. The van der Waals surface area contributed by atoms with E-state index in [4.69, 9.17) is 27.9 Å². The summed E-state index contributed by atoms with van der Waals surface area (Å²) in [4.78, 5) is 23.3. The van der Waals surface area contributed by atoms with Gasteiger partial charge in [-0.05, 0) is 29.8 Å². The molecule has 0 spiro atoms. The molecule has 0 saturated carbocycles. The lowest BCUT2D eigenvalue weighted by molar-refractivity contribution is -0.145. The lowest BCUT2D eigenvalue weighted by Gasteiger charge is -2.10. The molecule has 4 rings (SSSR count). The van der Waals surface area contributed by atoms with Crippen LogP contribution in [0.4, 0.5) is 13.2 Å². The molecule has 1 N–H and O–H groups in total. The van der Waals surface area contributed by atoms with Crippen molar-refractivity contribution in [2.45, 2.75) is 12.7 Å². The van der Waals surface area contributed by atoms with Gasteiger partial charge in [0.2, 0.25) is 5.82 Å². The number of carbonyl (C=O) groups is 1. The SMILES string of the molecule is O=C(NCc1ccc(Oc2cnc(C(F)(F)F)nc2)cc1)c1ccnn1-c1ncc(Cl)cc1Cl. The lowest BCUT2D eigenvalue weighted by Crippen LogP contribution is -2.25. The van der Waals surface area contributed by atoms with Crippen molar-refractivity contribution >= 4 is 29.1 Å². The van der Waals surface area contributed by atoms with Crippen LogP contribution in [-0.2, 0) is 12.7 Å². The molecule has 0 fully saturated rings. The smallest absolute Gasteiger partial charge is 0.451 e. The molecule has 34 heavy (non-hydrogen) atoms. The quantitative estimate of drug-likeness (QED) is 0.389. The summed E-state index contributed by atoms with van der Waals surface area (Å²) in [6.45, 7) is 0.190. The Labute approximate surface area is 200 Å². The molecule has 0 aliphatic rings. The normalized spacial score (nSPS) is 11.3. The Balaban J connectivity index is 1.38. The maximum absolute atomic E-state index is 12.7. The Kier molecular flexibility index (Phi) is 6.66. The van der Waals surface area contributed by atoms with Crippen LogP contribution in [0.2, 0.25) is 10.0 Å².